The van der Waals surface area contributed by atoms with Crippen LogP contribution in [0, 0.1) is 0 Å². The van der Waals surface area contributed by atoms with E-state index in [2.05, 4.69) is 15.3 Å². The van der Waals surface area contributed by atoms with Gasteiger partial charge in [0, 0.05) is 17.5 Å². The lowest BCUT2D eigenvalue weighted by Gasteiger charge is -2.06. The van der Waals surface area contributed by atoms with Gasteiger partial charge in [0.2, 0.25) is 0 Å². The van der Waals surface area contributed by atoms with Crippen molar-refractivity contribution < 1.29 is 0 Å². The molecule has 6 heteroatoms. The molecular weight excluding hydrogens is 294 g/mol. The van der Waals surface area contributed by atoms with Crippen molar-refractivity contribution in [3.8, 4) is 0 Å². The highest BCUT2D eigenvalue weighted by Crippen LogP contribution is 2.28. The molecule has 1 heterocycles. The summed E-state index contributed by atoms with van der Waals surface area (Å²) in [6.45, 7) is 3.46. The first-order chi connectivity index (χ1) is 9.69. The number of nitrogens with zero attached hydrogens (tertiary/aromatic N) is 1. The minimum absolute atomic E-state index is 0.123. The number of H-pyrrole nitrogens is 1. The molecule has 0 saturated heterocycles. The van der Waals surface area contributed by atoms with Crippen LogP contribution in [-0.4, -0.2) is 16.5 Å². The Labute approximate surface area is 127 Å². The smallest absolute Gasteiger partial charge is 0.251 e. The predicted molar refractivity (Wildman–Crippen MR) is 83.3 cm³/mol. The molecule has 1 aromatic heterocycles. The molecule has 0 aliphatic carbocycles. The van der Waals surface area contributed by atoms with Crippen LogP contribution in [0.2, 0.25) is 5.02 Å². The molecule has 0 radical (unpaired) electrons. The van der Waals surface area contributed by atoms with E-state index in [-0.39, 0.29) is 5.56 Å². The molecule has 0 bridgehead atoms. The van der Waals surface area contributed by atoms with Crippen LogP contribution < -0.4 is 10.9 Å². The summed E-state index contributed by atoms with van der Waals surface area (Å²) in [6.07, 6.45) is 0. The molecule has 20 heavy (non-hydrogen) atoms. The third-order valence-electron chi connectivity index (χ3n) is 2.60. The third kappa shape index (κ3) is 4.37. The van der Waals surface area contributed by atoms with E-state index in [0.29, 0.717) is 23.1 Å². The lowest BCUT2D eigenvalue weighted by Crippen LogP contribution is -2.18. The Balaban J connectivity index is 2.07. The zero-order valence-corrected chi connectivity index (χ0v) is 12.7. The lowest BCUT2D eigenvalue weighted by molar-refractivity contribution is 0.702. The van der Waals surface area contributed by atoms with Crippen molar-refractivity contribution in [3.05, 3.63) is 57.2 Å². The normalized spacial score (nSPS) is 10.7. The first-order valence-corrected chi connectivity index (χ1v) is 7.72. The molecule has 4 nitrogen and oxygen atoms in total. The van der Waals surface area contributed by atoms with E-state index in [9.17, 15) is 4.79 Å². The summed E-state index contributed by atoms with van der Waals surface area (Å²) >= 11 is 7.65. The van der Waals surface area contributed by atoms with Gasteiger partial charge in [-0.2, -0.15) is 0 Å². The molecule has 2 aromatic rings. The molecule has 0 spiro atoms. The molecule has 0 saturated carbocycles. The second-order valence-electron chi connectivity index (χ2n) is 4.18. The Bertz CT molecular complexity index is 630. The Morgan fingerprint density at radius 2 is 2.20 bits per heavy atom. The van der Waals surface area contributed by atoms with E-state index < -0.39 is 0 Å². The first-order valence-electron chi connectivity index (χ1n) is 6.36. The number of rotatable bonds is 6. The van der Waals surface area contributed by atoms with Gasteiger partial charge in [-0.05, 0) is 18.7 Å². The molecule has 0 unspecified atom stereocenters. The number of aromatic nitrogens is 2. The molecule has 0 atom stereocenters. The van der Waals surface area contributed by atoms with Gasteiger partial charge in [0.05, 0.1) is 16.5 Å². The van der Waals surface area contributed by atoms with Crippen molar-refractivity contribution in [2.24, 2.45) is 0 Å². The monoisotopic (exact) mass is 309 g/mol. The van der Waals surface area contributed by atoms with E-state index in [1.54, 1.807) is 11.8 Å². The topological polar surface area (TPSA) is 57.8 Å². The number of benzene rings is 1. The third-order valence-corrected chi connectivity index (χ3v) is 4.13. The molecule has 106 valence electrons. The zero-order chi connectivity index (χ0) is 14.4. The molecule has 2 N–H and O–H groups in total. The van der Waals surface area contributed by atoms with Gasteiger partial charge in [0.1, 0.15) is 5.82 Å². The van der Waals surface area contributed by atoms with Crippen molar-refractivity contribution in [3.63, 3.8) is 0 Å². The summed E-state index contributed by atoms with van der Waals surface area (Å²) in [5.74, 6) is 1.24. The summed E-state index contributed by atoms with van der Waals surface area (Å²) in [7, 11) is 0. The highest BCUT2D eigenvalue weighted by molar-refractivity contribution is 7.98. The Morgan fingerprint density at radius 1 is 1.40 bits per heavy atom. The summed E-state index contributed by atoms with van der Waals surface area (Å²) in [5.41, 5.74) is 0.632. The second-order valence-corrected chi connectivity index (χ2v) is 5.61. The number of hydrogen-bond acceptors (Lipinski definition) is 4. The Kier molecular flexibility index (Phi) is 5.64. The van der Waals surface area contributed by atoms with Crippen molar-refractivity contribution in [1.82, 2.24) is 15.3 Å². The maximum Gasteiger partial charge on any atom is 0.251 e. The van der Waals surface area contributed by atoms with Gasteiger partial charge in [0.25, 0.3) is 5.56 Å². The van der Waals surface area contributed by atoms with Gasteiger partial charge < -0.3 is 10.3 Å². The van der Waals surface area contributed by atoms with Crippen molar-refractivity contribution in [2.45, 2.75) is 24.1 Å². The SMILES string of the molecule is CCNCc1cc(=O)[nH]c(CSc2ccccc2Cl)n1. The maximum atomic E-state index is 11.6. The van der Waals surface area contributed by atoms with Gasteiger partial charge in [-0.1, -0.05) is 30.7 Å². The molecule has 2 rings (SSSR count). The lowest BCUT2D eigenvalue weighted by atomic mass is 10.4. The average Bonchev–Trinajstić information content (AvgIpc) is 2.44. The number of aromatic amines is 1. The van der Waals surface area contributed by atoms with Crippen LogP contribution in [0.3, 0.4) is 0 Å². The van der Waals surface area contributed by atoms with Crippen molar-refractivity contribution in [2.75, 3.05) is 6.54 Å². The second kappa shape index (κ2) is 7.47. The number of halogens is 1. The van der Waals surface area contributed by atoms with E-state index in [4.69, 9.17) is 11.6 Å². The highest BCUT2D eigenvalue weighted by atomic mass is 35.5. The minimum Gasteiger partial charge on any atom is -0.311 e. The van der Waals surface area contributed by atoms with Gasteiger partial charge >= 0.3 is 0 Å². The number of nitrogens with one attached hydrogen (secondary N) is 2. The van der Waals surface area contributed by atoms with Crippen molar-refractivity contribution in [1.29, 1.82) is 0 Å². The fraction of sp³-hybridized carbons (Fsp3) is 0.286. The van der Waals surface area contributed by atoms with E-state index in [1.165, 1.54) is 6.07 Å². The maximum absolute atomic E-state index is 11.6. The standard InChI is InChI=1S/C14H16ClN3OS/c1-2-16-8-10-7-14(19)18-13(17-10)9-20-12-6-4-3-5-11(12)15/h3-7,16H,2,8-9H2,1H3,(H,17,18,19). The van der Waals surface area contributed by atoms with E-state index >= 15 is 0 Å². The number of thioether (sulfide) groups is 1. The largest absolute Gasteiger partial charge is 0.311 e. The van der Waals surface area contributed by atoms with Crippen LogP contribution in [0.1, 0.15) is 18.4 Å². The summed E-state index contributed by atoms with van der Waals surface area (Å²) < 4.78 is 0. The molecule has 0 aliphatic heterocycles. The minimum atomic E-state index is -0.123. The average molecular weight is 310 g/mol. The van der Waals surface area contributed by atoms with Crippen LogP contribution in [0.15, 0.2) is 40.0 Å². The van der Waals surface area contributed by atoms with Crippen LogP contribution >= 0.6 is 23.4 Å². The van der Waals surface area contributed by atoms with Crippen molar-refractivity contribution >= 4 is 23.4 Å². The van der Waals surface area contributed by atoms with Crippen LogP contribution in [-0.2, 0) is 12.3 Å². The quantitative estimate of drug-likeness (QED) is 0.806. The van der Waals surface area contributed by atoms with Crippen LogP contribution in [0.4, 0.5) is 0 Å². The van der Waals surface area contributed by atoms with Gasteiger partial charge in [-0.15, -0.1) is 11.8 Å². The molecule has 0 aliphatic rings. The zero-order valence-electron chi connectivity index (χ0n) is 11.1. The van der Waals surface area contributed by atoms with E-state index in [1.807, 2.05) is 31.2 Å². The van der Waals surface area contributed by atoms with Crippen LogP contribution in [0.5, 0.6) is 0 Å². The van der Waals surface area contributed by atoms with Gasteiger partial charge in [-0.3, -0.25) is 4.79 Å². The summed E-state index contributed by atoms with van der Waals surface area (Å²) in [4.78, 5) is 19.8. The molecule has 1 aromatic carbocycles. The summed E-state index contributed by atoms with van der Waals surface area (Å²) in [6, 6.07) is 9.15. The highest BCUT2D eigenvalue weighted by Gasteiger charge is 2.04. The van der Waals surface area contributed by atoms with Gasteiger partial charge in [-0.25, -0.2) is 4.98 Å². The molecule has 0 fully saturated rings. The van der Waals surface area contributed by atoms with E-state index in [0.717, 1.165) is 17.1 Å². The first kappa shape index (κ1) is 15.1. The fourth-order valence-corrected chi connectivity index (χ4v) is 2.79. The number of hydrogen-bond donors (Lipinski definition) is 2. The Hall–Kier alpha value is -1.30. The van der Waals surface area contributed by atoms with Crippen LogP contribution in [0.25, 0.3) is 0 Å². The predicted octanol–water partition coefficient (Wildman–Crippen LogP) is 2.83. The molecule has 0 amide bonds. The van der Waals surface area contributed by atoms with Gasteiger partial charge in [0.15, 0.2) is 0 Å². The Morgan fingerprint density at radius 3 is 2.95 bits per heavy atom. The molecular formula is C14H16ClN3OS. The summed E-state index contributed by atoms with van der Waals surface area (Å²) in [5, 5.41) is 3.87. The fourth-order valence-electron chi connectivity index (χ4n) is 1.68.